The van der Waals surface area contributed by atoms with E-state index in [1.165, 1.54) is 6.07 Å². The molecule has 0 aliphatic heterocycles. The van der Waals surface area contributed by atoms with Crippen LogP contribution in [0.5, 0.6) is 0 Å². The molecule has 24 heavy (non-hydrogen) atoms. The minimum Gasteiger partial charge on any atom is -0.478 e. The molecule has 0 radical (unpaired) electrons. The minimum atomic E-state index is -0.988. The molecular weight excluding hydrogens is 308 g/mol. The SMILES string of the molecule is Nc1ccc2cc(C(=O)O)ccc2c1.Nc1ccccc1C(=O)O. The average Bonchev–Trinajstić information content (AvgIpc) is 2.55. The molecule has 0 aromatic heterocycles. The summed E-state index contributed by atoms with van der Waals surface area (Å²) in [6, 6.07) is 16.7. The molecule has 0 aliphatic carbocycles. The van der Waals surface area contributed by atoms with Crippen molar-refractivity contribution >= 4 is 34.1 Å². The maximum absolute atomic E-state index is 10.7. The number of para-hydroxylation sites is 1. The van der Waals surface area contributed by atoms with E-state index in [0.29, 0.717) is 16.9 Å². The standard InChI is InChI=1S/C11H9NO2.C7H7NO2/c12-10-4-3-7-5-9(11(13)14)2-1-8(7)6-10;8-6-4-2-1-3-5(6)7(9)10/h1-6H,12H2,(H,13,14);1-4H,8H2,(H,9,10). The lowest BCUT2D eigenvalue weighted by molar-refractivity contribution is 0.0686. The highest BCUT2D eigenvalue weighted by Gasteiger charge is 2.04. The first-order valence-corrected chi connectivity index (χ1v) is 6.99. The molecule has 3 rings (SSSR count). The van der Waals surface area contributed by atoms with Crippen LogP contribution < -0.4 is 11.5 Å². The number of carboxylic acid groups (broad SMARTS) is 2. The quantitative estimate of drug-likeness (QED) is 0.536. The van der Waals surface area contributed by atoms with Gasteiger partial charge in [-0.25, -0.2) is 9.59 Å². The Kier molecular flexibility index (Phi) is 5.01. The van der Waals surface area contributed by atoms with Crippen molar-refractivity contribution in [3.8, 4) is 0 Å². The van der Waals surface area contributed by atoms with Gasteiger partial charge >= 0.3 is 11.9 Å². The highest BCUT2D eigenvalue weighted by atomic mass is 16.4. The molecule has 0 spiro atoms. The second kappa shape index (κ2) is 7.15. The summed E-state index contributed by atoms with van der Waals surface area (Å²) in [4.78, 5) is 21.0. The first-order chi connectivity index (χ1) is 11.4. The molecule has 0 amide bonds. The number of benzene rings is 3. The number of rotatable bonds is 2. The molecule has 6 nitrogen and oxygen atoms in total. The lowest BCUT2D eigenvalue weighted by Gasteiger charge is -2.00. The van der Waals surface area contributed by atoms with Crippen LogP contribution in [0.25, 0.3) is 10.8 Å². The molecule has 0 fully saturated rings. The van der Waals surface area contributed by atoms with E-state index in [4.69, 9.17) is 21.7 Å². The zero-order valence-corrected chi connectivity index (χ0v) is 12.6. The van der Waals surface area contributed by atoms with E-state index in [0.717, 1.165) is 10.8 Å². The summed E-state index contributed by atoms with van der Waals surface area (Å²) in [6.45, 7) is 0. The summed E-state index contributed by atoms with van der Waals surface area (Å²) in [5.74, 6) is -1.90. The van der Waals surface area contributed by atoms with Crippen LogP contribution in [0.4, 0.5) is 11.4 Å². The molecule has 0 saturated carbocycles. The summed E-state index contributed by atoms with van der Waals surface area (Å²) < 4.78 is 0. The van der Waals surface area contributed by atoms with E-state index in [9.17, 15) is 9.59 Å². The lowest BCUT2D eigenvalue weighted by Crippen LogP contribution is -2.00. The summed E-state index contributed by atoms with van der Waals surface area (Å²) in [5, 5.41) is 19.1. The van der Waals surface area contributed by atoms with Gasteiger partial charge in [0.15, 0.2) is 0 Å². The number of hydrogen-bond donors (Lipinski definition) is 4. The third-order valence-electron chi connectivity index (χ3n) is 3.30. The van der Waals surface area contributed by atoms with Crippen LogP contribution >= 0.6 is 0 Å². The van der Waals surface area contributed by atoms with Gasteiger partial charge in [-0.15, -0.1) is 0 Å². The monoisotopic (exact) mass is 324 g/mol. The van der Waals surface area contributed by atoms with Gasteiger partial charge in [-0.2, -0.15) is 0 Å². The average molecular weight is 324 g/mol. The minimum absolute atomic E-state index is 0.155. The fraction of sp³-hybridized carbons (Fsp3) is 0. The number of carbonyl (C=O) groups is 2. The molecule has 0 aliphatic rings. The predicted octanol–water partition coefficient (Wildman–Crippen LogP) is 3.09. The topological polar surface area (TPSA) is 127 Å². The van der Waals surface area contributed by atoms with Gasteiger partial charge in [-0.05, 0) is 47.2 Å². The molecule has 3 aromatic carbocycles. The Bertz CT molecular complexity index is 906. The van der Waals surface area contributed by atoms with Gasteiger partial charge in [0.05, 0.1) is 11.1 Å². The van der Waals surface area contributed by atoms with Gasteiger partial charge in [0.1, 0.15) is 0 Å². The first kappa shape index (κ1) is 16.8. The van der Waals surface area contributed by atoms with Crippen LogP contribution in [-0.4, -0.2) is 22.2 Å². The molecule has 0 unspecified atom stereocenters. The van der Waals surface area contributed by atoms with Crippen molar-refractivity contribution in [3.05, 3.63) is 71.8 Å². The van der Waals surface area contributed by atoms with Crippen LogP contribution in [0.3, 0.4) is 0 Å². The molecule has 122 valence electrons. The Morgan fingerprint density at radius 3 is 1.96 bits per heavy atom. The Morgan fingerprint density at radius 2 is 1.38 bits per heavy atom. The number of nitrogens with two attached hydrogens (primary N) is 2. The zero-order chi connectivity index (χ0) is 17.7. The summed E-state index contributed by atoms with van der Waals surface area (Å²) >= 11 is 0. The maximum atomic E-state index is 10.7. The van der Waals surface area contributed by atoms with Gasteiger partial charge in [-0.3, -0.25) is 0 Å². The predicted molar refractivity (Wildman–Crippen MR) is 93.1 cm³/mol. The number of hydrogen-bond acceptors (Lipinski definition) is 4. The van der Waals surface area contributed by atoms with E-state index in [2.05, 4.69) is 0 Å². The fourth-order valence-electron chi connectivity index (χ4n) is 2.09. The van der Waals surface area contributed by atoms with E-state index < -0.39 is 11.9 Å². The molecule has 0 atom stereocenters. The summed E-state index contributed by atoms with van der Waals surface area (Å²) in [5.41, 5.74) is 12.4. The van der Waals surface area contributed by atoms with Crippen molar-refractivity contribution in [2.75, 3.05) is 11.5 Å². The van der Waals surface area contributed by atoms with Gasteiger partial charge in [0.2, 0.25) is 0 Å². The van der Waals surface area contributed by atoms with Gasteiger partial charge in [0.25, 0.3) is 0 Å². The third kappa shape index (κ3) is 4.01. The van der Waals surface area contributed by atoms with Crippen LogP contribution in [0.2, 0.25) is 0 Å². The second-order valence-corrected chi connectivity index (χ2v) is 5.02. The Labute approximate surface area is 137 Å². The molecule has 6 heteroatoms. The molecule has 0 bridgehead atoms. The van der Waals surface area contributed by atoms with Crippen LogP contribution in [0.1, 0.15) is 20.7 Å². The van der Waals surface area contributed by atoms with Crippen molar-refractivity contribution in [2.45, 2.75) is 0 Å². The van der Waals surface area contributed by atoms with Crippen molar-refractivity contribution in [1.29, 1.82) is 0 Å². The fourth-order valence-corrected chi connectivity index (χ4v) is 2.09. The normalized spacial score (nSPS) is 9.83. The maximum Gasteiger partial charge on any atom is 0.337 e. The largest absolute Gasteiger partial charge is 0.478 e. The van der Waals surface area contributed by atoms with Gasteiger partial charge in [0, 0.05) is 11.4 Å². The molecule has 0 saturated heterocycles. The smallest absolute Gasteiger partial charge is 0.337 e. The van der Waals surface area contributed by atoms with E-state index in [1.54, 1.807) is 42.5 Å². The highest BCUT2D eigenvalue weighted by molar-refractivity contribution is 5.95. The number of aromatic carboxylic acids is 2. The number of fused-ring (bicyclic) bond motifs is 1. The van der Waals surface area contributed by atoms with Crippen molar-refractivity contribution in [1.82, 2.24) is 0 Å². The number of nitrogen functional groups attached to an aromatic ring is 2. The van der Waals surface area contributed by atoms with E-state index in [-0.39, 0.29) is 5.56 Å². The Hall–Kier alpha value is -3.54. The summed E-state index contributed by atoms with van der Waals surface area (Å²) in [6.07, 6.45) is 0. The third-order valence-corrected chi connectivity index (χ3v) is 3.30. The lowest BCUT2D eigenvalue weighted by atomic mass is 10.1. The first-order valence-electron chi connectivity index (χ1n) is 6.99. The van der Waals surface area contributed by atoms with Crippen LogP contribution in [0.15, 0.2) is 60.7 Å². The zero-order valence-electron chi connectivity index (χ0n) is 12.6. The number of carboxylic acids is 2. The molecular formula is C18H16N2O4. The van der Waals surface area contributed by atoms with Crippen molar-refractivity contribution < 1.29 is 19.8 Å². The summed E-state index contributed by atoms with van der Waals surface area (Å²) in [7, 11) is 0. The molecule has 6 N–H and O–H groups in total. The van der Waals surface area contributed by atoms with Gasteiger partial charge < -0.3 is 21.7 Å². The van der Waals surface area contributed by atoms with E-state index in [1.807, 2.05) is 12.1 Å². The molecule has 0 heterocycles. The number of anilines is 2. The van der Waals surface area contributed by atoms with Gasteiger partial charge in [-0.1, -0.05) is 24.3 Å². The highest BCUT2D eigenvalue weighted by Crippen LogP contribution is 2.18. The van der Waals surface area contributed by atoms with Crippen molar-refractivity contribution in [2.24, 2.45) is 0 Å². The van der Waals surface area contributed by atoms with E-state index >= 15 is 0 Å². The Balaban J connectivity index is 0.000000185. The Morgan fingerprint density at radius 1 is 0.750 bits per heavy atom. The van der Waals surface area contributed by atoms with Crippen LogP contribution in [-0.2, 0) is 0 Å². The van der Waals surface area contributed by atoms with Crippen molar-refractivity contribution in [3.63, 3.8) is 0 Å². The van der Waals surface area contributed by atoms with Crippen LogP contribution in [0, 0.1) is 0 Å². The second-order valence-electron chi connectivity index (χ2n) is 5.02. The molecule has 3 aromatic rings.